The van der Waals surface area contributed by atoms with Crippen LogP contribution >= 0.6 is 0 Å². The van der Waals surface area contributed by atoms with Crippen LogP contribution in [0.4, 0.5) is 0 Å². The fraction of sp³-hybridized carbons (Fsp3) is 0.429. The van der Waals surface area contributed by atoms with Gasteiger partial charge in [-0.05, 0) is 38.1 Å². The summed E-state index contributed by atoms with van der Waals surface area (Å²) in [5, 5.41) is 0. The first-order valence-corrected chi connectivity index (χ1v) is 6.37. The normalized spacial score (nSPS) is 20.6. The Hall–Kier alpha value is -1.68. The number of hydrogen-bond donors (Lipinski definition) is 0. The highest BCUT2D eigenvalue weighted by Gasteiger charge is 2.21. The molecule has 2 aromatic rings. The van der Waals surface area contributed by atoms with Crippen LogP contribution in [0.1, 0.15) is 22.7 Å². The van der Waals surface area contributed by atoms with Gasteiger partial charge in [0.05, 0.1) is 17.4 Å². The van der Waals surface area contributed by atoms with Crippen molar-refractivity contribution in [3.8, 4) is 0 Å². The standard InChI is InChI=1S/C14H17N3O/c1-16-6-5-11(9-16)7-14-15-8-12-3-2-4-13(10-18)17(12)14/h2-4,8,10-11H,5-7,9H2,1H3. The number of aldehydes is 1. The average Bonchev–Trinajstić information content (AvgIpc) is 2.97. The van der Waals surface area contributed by atoms with E-state index in [1.165, 1.54) is 6.42 Å². The number of imidazole rings is 1. The van der Waals surface area contributed by atoms with Crippen molar-refractivity contribution in [1.29, 1.82) is 0 Å². The number of hydrogen-bond acceptors (Lipinski definition) is 3. The number of nitrogens with zero attached hydrogens (tertiary/aromatic N) is 3. The van der Waals surface area contributed by atoms with Crippen LogP contribution in [-0.4, -0.2) is 40.7 Å². The summed E-state index contributed by atoms with van der Waals surface area (Å²) in [4.78, 5) is 17.9. The molecule has 0 spiro atoms. The molecule has 0 radical (unpaired) electrons. The van der Waals surface area contributed by atoms with Crippen LogP contribution in [0.3, 0.4) is 0 Å². The maximum Gasteiger partial charge on any atom is 0.166 e. The lowest BCUT2D eigenvalue weighted by molar-refractivity contribution is 0.111. The Kier molecular flexibility index (Phi) is 2.88. The van der Waals surface area contributed by atoms with Crippen molar-refractivity contribution in [3.05, 3.63) is 35.9 Å². The minimum Gasteiger partial charge on any atom is -0.306 e. The van der Waals surface area contributed by atoms with Crippen LogP contribution in [0.5, 0.6) is 0 Å². The third-order valence-electron chi connectivity index (χ3n) is 3.74. The summed E-state index contributed by atoms with van der Waals surface area (Å²) in [5.41, 5.74) is 1.69. The lowest BCUT2D eigenvalue weighted by Gasteiger charge is -2.10. The Morgan fingerprint density at radius 1 is 1.50 bits per heavy atom. The van der Waals surface area contributed by atoms with Gasteiger partial charge in [-0.3, -0.25) is 9.20 Å². The van der Waals surface area contributed by atoms with Gasteiger partial charge in [0.2, 0.25) is 0 Å². The molecular formula is C14H17N3O. The molecule has 3 heterocycles. The topological polar surface area (TPSA) is 37.6 Å². The Morgan fingerprint density at radius 3 is 3.11 bits per heavy atom. The van der Waals surface area contributed by atoms with Gasteiger partial charge in [-0.2, -0.15) is 0 Å². The van der Waals surface area contributed by atoms with E-state index in [1.54, 1.807) is 0 Å². The van der Waals surface area contributed by atoms with E-state index in [0.29, 0.717) is 11.6 Å². The number of carbonyl (C=O) groups is 1. The maximum absolute atomic E-state index is 11.1. The summed E-state index contributed by atoms with van der Waals surface area (Å²) >= 11 is 0. The number of aromatic nitrogens is 2. The van der Waals surface area contributed by atoms with E-state index in [0.717, 1.165) is 37.1 Å². The summed E-state index contributed by atoms with van der Waals surface area (Å²) in [6.07, 6.45) is 4.91. The third-order valence-corrected chi connectivity index (χ3v) is 3.74. The van der Waals surface area contributed by atoms with Crippen molar-refractivity contribution in [2.24, 2.45) is 5.92 Å². The molecule has 4 heteroatoms. The highest BCUT2D eigenvalue weighted by molar-refractivity contribution is 5.74. The minimum atomic E-state index is 0.653. The van der Waals surface area contributed by atoms with E-state index in [1.807, 2.05) is 28.8 Å². The van der Waals surface area contributed by atoms with Gasteiger partial charge >= 0.3 is 0 Å². The Bertz CT molecular complexity index is 575. The number of pyridine rings is 1. The molecule has 1 saturated heterocycles. The second kappa shape index (κ2) is 4.53. The summed E-state index contributed by atoms with van der Waals surface area (Å²) in [5.74, 6) is 1.66. The second-order valence-electron chi connectivity index (χ2n) is 5.12. The molecule has 1 atom stereocenters. The maximum atomic E-state index is 11.1. The first kappa shape index (κ1) is 11.4. The lowest BCUT2D eigenvalue weighted by atomic mass is 10.0. The monoisotopic (exact) mass is 243 g/mol. The van der Waals surface area contributed by atoms with E-state index in [2.05, 4.69) is 16.9 Å². The largest absolute Gasteiger partial charge is 0.306 e. The van der Waals surface area contributed by atoms with Crippen LogP contribution in [-0.2, 0) is 6.42 Å². The molecule has 18 heavy (non-hydrogen) atoms. The van der Waals surface area contributed by atoms with Gasteiger partial charge in [-0.25, -0.2) is 4.98 Å². The Labute approximate surface area is 106 Å². The Balaban J connectivity index is 1.94. The van der Waals surface area contributed by atoms with Crippen molar-refractivity contribution < 1.29 is 4.79 Å². The fourth-order valence-corrected chi connectivity index (χ4v) is 2.83. The van der Waals surface area contributed by atoms with Gasteiger partial charge in [0.1, 0.15) is 5.82 Å². The highest BCUT2D eigenvalue weighted by Crippen LogP contribution is 2.20. The first-order valence-electron chi connectivity index (χ1n) is 6.37. The van der Waals surface area contributed by atoms with Gasteiger partial charge in [0.25, 0.3) is 0 Å². The molecule has 0 aliphatic carbocycles. The van der Waals surface area contributed by atoms with Crippen molar-refractivity contribution in [2.75, 3.05) is 20.1 Å². The molecule has 1 unspecified atom stereocenters. The highest BCUT2D eigenvalue weighted by atomic mass is 16.1. The molecule has 0 N–H and O–H groups in total. The molecule has 94 valence electrons. The van der Waals surface area contributed by atoms with Crippen LogP contribution in [0.25, 0.3) is 5.52 Å². The summed E-state index contributed by atoms with van der Waals surface area (Å²) < 4.78 is 1.98. The lowest BCUT2D eigenvalue weighted by Crippen LogP contribution is -2.16. The smallest absolute Gasteiger partial charge is 0.166 e. The quantitative estimate of drug-likeness (QED) is 0.769. The molecule has 3 rings (SSSR count). The van der Waals surface area contributed by atoms with Gasteiger partial charge in [0, 0.05) is 13.0 Å². The van der Waals surface area contributed by atoms with Crippen molar-refractivity contribution in [3.63, 3.8) is 0 Å². The van der Waals surface area contributed by atoms with Gasteiger partial charge in [0.15, 0.2) is 6.29 Å². The zero-order valence-corrected chi connectivity index (χ0v) is 10.5. The van der Waals surface area contributed by atoms with Crippen LogP contribution < -0.4 is 0 Å². The van der Waals surface area contributed by atoms with Gasteiger partial charge in [-0.15, -0.1) is 0 Å². The number of fused-ring (bicyclic) bond motifs is 1. The van der Waals surface area contributed by atoms with E-state index in [4.69, 9.17) is 0 Å². The van der Waals surface area contributed by atoms with Crippen molar-refractivity contribution >= 4 is 11.8 Å². The SMILES string of the molecule is CN1CCC(Cc2ncc3cccc(C=O)n23)C1. The van der Waals surface area contributed by atoms with Crippen LogP contribution in [0.15, 0.2) is 24.4 Å². The number of rotatable bonds is 3. The predicted molar refractivity (Wildman–Crippen MR) is 69.9 cm³/mol. The molecule has 4 nitrogen and oxygen atoms in total. The van der Waals surface area contributed by atoms with Crippen molar-refractivity contribution in [2.45, 2.75) is 12.8 Å². The van der Waals surface area contributed by atoms with E-state index in [9.17, 15) is 4.79 Å². The van der Waals surface area contributed by atoms with Crippen LogP contribution in [0.2, 0.25) is 0 Å². The summed E-state index contributed by atoms with van der Waals surface area (Å²) in [6.45, 7) is 2.28. The molecule has 0 saturated carbocycles. The summed E-state index contributed by atoms with van der Waals surface area (Å²) in [6, 6.07) is 5.73. The predicted octanol–water partition coefficient (Wildman–Crippen LogP) is 1.64. The zero-order valence-electron chi connectivity index (χ0n) is 10.5. The molecule has 0 amide bonds. The van der Waals surface area contributed by atoms with Crippen molar-refractivity contribution in [1.82, 2.24) is 14.3 Å². The molecule has 1 fully saturated rings. The molecule has 0 aromatic carbocycles. The molecule has 2 aromatic heterocycles. The fourth-order valence-electron chi connectivity index (χ4n) is 2.83. The zero-order chi connectivity index (χ0) is 12.5. The molecule has 1 aliphatic heterocycles. The summed E-state index contributed by atoms with van der Waals surface area (Å²) in [7, 11) is 2.15. The minimum absolute atomic E-state index is 0.653. The van der Waals surface area contributed by atoms with E-state index < -0.39 is 0 Å². The number of carbonyl (C=O) groups excluding carboxylic acids is 1. The molecular weight excluding hydrogens is 226 g/mol. The molecule has 1 aliphatic rings. The third kappa shape index (κ3) is 1.93. The Morgan fingerprint density at radius 2 is 2.39 bits per heavy atom. The van der Waals surface area contributed by atoms with E-state index in [-0.39, 0.29) is 0 Å². The second-order valence-corrected chi connectivity index (χ2v) is 5.12. The number of likely N-dealkylation sites (tertiary alicyclic amines) is 1. The molecule has 0 bridgehead atoms. The van der Waals surface area contributed by atoms with E-state index >= 15 is 0 Å². The first-order chi connectivity index (χ1) is 8.78. The van der Waals surface area contributed by atoms with Gasteiger partial charge in [-0.1, -0.05) is 6.07 Å². The van der Waals surface area contributed by atoms with Crippen LogP contribution in [0, 0.1) is 5.92 Å². The average molecular weight is 243 g/mol. The van der Waals surface area contributed by atoms with Gasteiger partial charge < -0.3 is 4.90 Å².